The number of carbonyl (C=O) groups excluding carboxylic acids is 1. The van der Waals surface area contributed by atoms with E-state index in [0.29, 0.717) is 5.56 Å². The quantitative estimate of drug-likeness (QED) is 0.403. The van der Waals surface area contributed by atoms with Gasteiger partial charge in [-0.05, 0) is 31.2 Å². The van der Waals surface area contributed by atoms with Crippen molar-refractivity contribution in [2.75, 3.05) is 6.61 Å². The fraction of sp³-hybridized carbons (Fsp3) is 0.208. The van der Waals surface area contributed by atoms with Crippen molar-refractivity contribution >= 4 is 5.91 Å². The molecule has 0 saturated heterocycles. The number of rotatable bonds is 7. The number of nitrogens with zero attached hydrogens (tertiary/aromatic N) is 5. The number of halogens is 3. The molecule has 0 saturated carbocycles. The molecule has 1 amide bonds. The van der Waals surface area contributed by atoms with Crippen LogP contribution in [0.2, 0.25) is 0 Å². The molecule has 0 aliphatic rings. The summed E-state index contributed by atoms with van der Waals surface area (Å²) in [6.45, 7) is -2.81. The number of benzene rings is 2. The Balaban J connectivity index is 1.63. The van der Waals surface area contributed by atoms with E-state index >= 15 is 0 Å². The average molecular weight is 501 g/mol. The highest BCUT2D eigenvalue weighted by atomic mass is 19.3. The van der Waals surface area contributed by atoms with E-state index in [2.05, 4.69) is 20.7 Å². The number of amides is 1. The van der Waals surface area contributed by atoms with Crippen molar-refractivity contribution in [3.05, 3.63) is 93.8 Å². The summed E-state index contributed by atoms with van der Waals surface area (Å²) >= 11 is 0. The Bertz CT molecular complexity index is 1590. The molecule has 0 radical (unpaired) electrons. The van der Waals surface area contributed by atoms with E-state index in [0.717, 1.165) is 27.6 Å². The minimum Gasteiger partial charge on any atom is -0.390 e. The topological polar surface area (TPSA) is 115 Å². The predicted molar refractivity (Wildman–Crippen MR) is 123 cm³/mol. The molecule has 12 heteroatoms. The number of hydrogen-bond donors (Lipinski definition) is 2. The number of aromatic nitrogens is 5. The minimum atomic E-state index is -3.81. The van der Waals surface area contributed by atoms with Gasteiger partial charge in [-0.3, -0.25) is 9.59 Å². The first-order chi connectivity index (χ1) is 18.3. The summed E-state index contributed by atoms with van der Waals surface area (Å²) in [5, 5.41) is 22.7. The molecule has 2 heterocycles. The smallest absolute Gasteiger partial charge is 0.298 e. The van der Waals surface area contributed by atoms with Crippen LogP contribution in [0.5, 0.6) is 0 Å². The molecule has 1 atom stereocenters. The van der Waals surface area contributed by atoms with Crippen LogP contribution < -0.4 is 10.9 Å². The molecule has 0 fully saturated rings. The minimum absolute atomic E-state index is 0.156. The van der Waals surface area contributed by atoms with Gasteiger partial charge in [-0.25, -0.2) is 9.07 Å². The highest BCUT2D eigenvalue weighted by Crippen LogP contribution is 2.32. The average Bonchev–Trinajstić information content (AvgIpc) is 3.40. The Labute approximate surface area is 207 Å². The fourth-order valence-electron chi connectivity index (χ4n) is 3.55. The maximum Gasteiger partial charge on any atom is 0.298 e. The molecule has 2 N–H and O–H groups in total. The van der Waals surface area contributed by atoms with Crippen LogP contribution in [0.3, 0.4) is 0 Å². The third-order valence-electron chi connectivity index (χ3n) is 5.40. The second-order valence-electron chi connectivity index (χ2n) is 7.82. The summed E-state index contributed by atoms with van der Waals surface area (Å²) < 4.78 is 67.1. The summed E-state index contributed by atoms with van der Waals surface area (Å²) in [7, 11) is 0. The van der Waals surface area contributed by atoms with Gasteiger partial charge in [0.1, 0.15) is 18.1 Å². The molecule has 0 bridgehead atoms. The summed E-state index contributed by atoms with van der Waals surface area (Å²) in [6, 6.07) is 10.5. The standard InChI is InChI=1S/C24H21F3N6O3/c1-14(17-7-4-8-18(22(17)25)24(26,27)13-34)29-23(36)19-9-10-21(35)33(30-19)16-6-3-5-15(11-16)20-12-28-31-32(20)2/h3-12,14,34H,13H2,1-2H3,(H,29,36)/t14-/m1/s1/i2D3. The Morgan fingerprint density at radius 3 is 2.75 bits per heavy atom. The molecule has 0 aliphatic heterocycles. The van der Waals surface area contributed by atoms with Crippen molar-refractivity contribution in [1.82, 2.24) is 30.1 Å². The van der Waals surface area contributed by atoms with Crippen molar-refractivity contribution < 1.29 is 27.2 Å². The van der Waals surface area contributed by atoms with Gasteiger partial charge in [0.05, 0.1) is 29.2 Å². The number of nitrogens with one attached hydrogen (secondary N) is 1. The molecule has 4 aromatic rings. The molecular weight excluding hydrogens is 477 g/mol. The van der Waals surface area contributed by atoms with Crippen molar-refractivity contribution in [2.24, 2.45) is 6.98 Å². The monoisotopic (exact) mass is 501 g/mol. The zero-order valence-corrected chi connectivity index (χ0v) is 18.7. The highest BCUT2D eigenvalue weighted by Gasteiger charge is 2.35. The molecule has 0 aliphatic carbocycles. The zero-order chi connectivity index (χ0) is 28.5. The predicted octanol–water partition coefficient (Wildman–Crippen LogP) is 2.74. The number of hydrogen-bond acceptors (Lipinski definition) is 6. The molecule has 0 spiro atoms. The lowest BCUT2D eigenvalue weighted by Gasteiger charge is -2.20. The van der Waals surface area contributed by atoms with Gasteiger partial charge in [0.25, 0.3) is 17.4 Å². The van der Waals surface area contributed by atoms with Gasteiger partial charge >= 0.3 is 0 Å². The largest absolute Gasteiger partial charge is 0.390 e. The van der Waals surface area contributed by atoms with Gasteiger partial charge in [0, 0.05) is 28.3 Å². The van der Waals surface area contributed by atoms with Crippen molar-refractivity contribution in [1.29, 1.82) is 0 Å². The van der Waals surface area contributed by atoms with Crippen LogP contribution in [0.1, 0.15) is 38.7 Å². The Kier molecular flexibility index (Phi) is 5.68. The van der Waals surface area contributed by atoms with Crippen LogP contribution >= 0.6 is 0 Å². The number of aliphatic hydroxyl groups is 1. The van der Waals surface area contributed by atoms with Crippen molar-refractivity contribution in [3.63, 3.8) is 0 Å². The van der Waals surface area contributed by atoms with Gasteiger partial charge in [0.2, 0.25) is 0 Å². The van der Waals surface area contributed by atoms with E-state index in [-0.39, 0.29) is 22.6 Å². The van der Waals surface area contributed by atoms with Crippen LogP contribution in [0.15, 0.2) is 65.6 Å². The van der Waals surface area contributed by atoms with E-state index in [1.807, 2.05) is 0 Å². The van der Waals surface area contributed by atoms with Crippen LogP contribution in [0.25, 0.3) is 16.9 Å². The van der Waals surface area contributed by atoms with Crippen LogP contribution in [0, 0.1) is 5.82 Å². The molecule has 186 valence electrons. The zero-order valence-electron chi connectivity index (χ0n) is 21.7. The van der Waals surface area contributed by atoms with Gasteiger partial charge in [-0.1, -0.05) is 29.5 Å². The summed E-state index contributed by atoms with van der Waals surface area (Å²) in [5.41, 5.74) is -1.38. The lowest BCUT2D eigenvalue weighted by atomic mass is 10.0. The molecule has 36 heavy (non-hydrogen) atoms. The third kappa shape index (κ3) is 4.75. The van der Waals surface area contributed by atoms with Crippen LogP contribution in [-0.2, 0) is 12.9 Å². The van der Waals surface area contributed by atoms with E-state index in [1.165, 1.54) is 37.4 Å². The molecular formula is C24H21F3N6O3. The maximum atomic E-state index is 14.8. The number of carbonyl (C=O) groups is 1. The van der Waals surface area contributed by atoms with Crippen LogP contribution in [-0.4, -0.2) is 42.4 Å². The van der Waals surface area contributed by atoms with E-state index in [4.69, 9.17) is 9.22 Å². The summed E-state index contributed by atoms with van der Waals surface area (Å²) in [6.07, 6.45) is 1.25. The molecule has 9 nitrogen and oxygen atoms in total. The van der Waals surface area contributed by atoms with Crippen LogP contribution in [0.4, 0.5) is 13.2 Å². The van der Waals surface area contributed by atoms with Gasteiger partial charge in [0.15, 0.2) is 0 Å². The van der Waals surface area contributed by atoms with Gasteiger partial charge < -0.3 is 10.4 Å². The Morgan fingerprint density at radius 2 is 2.00 bits per heavy atom. The SMILES string of the molecule is [2H]C([2H])([2H])n1nncc1-c1cccc(-n2nc(C(=O)N[C@H](C)c3cccc(C(F)(F)CO)c3F)ccc2=O)c1. The van der Waals surface area contributed by atoms with Crippen molar-refractivity contribution in [2.45, 2.75) is 18.9 Å². The van der Waals surface area contributed by atoms with E-state index < -0.39 is 48.4 Å². The number of aryl methyl sites for hydroxylation is 1. The first kappa shape index (κ1) is 21.0. The lowest BCUT2D eigenvalue weighted by molar-refractivity contribution is -0.0584. The van der Waals surface area contributed by atoms with Gasteiger partial charge in [-0.2, -0.15) is 18.6 Å². The van der Waals surface area contributed by atoms with E-state index in [1.54, 1.807) is 12.1 Å². The number of alkyl halides is 2. The van der Waals surface area contributed by atoms with Crippen molar-refractivity contribution in [3.8, 4) is 16.9 Å². The highest BCUT2D eigenvalue weighted by molar-refractivity contribution is 5.92. The molecule has 4 rings (SSSR count). The molecule has 0 unspecified atom stereocenters. The van der Waals surface area contributed by atoms with Gasteiger partial charge in [-0.15, -0.1) is 5.10 Å². The fourth-order valence-corrected chi connectivity index (χ4v) is 3.55. The second kappa shape index (κ2) is 9.74. The van der Waals surface area contributed by atoms with E-state index in [9.17, 15) is 22.8 Å². The Morgan fingerprint density at radius 1 is 1.22 bits per heavy atom. The molecule has 2 aromatic carbocycles. The maximum absolute atomic E-state index is 14.8. The number of aliphatic hydroxyl groups excluding tert-OH is 1. The Hall–Kier alpha value is -4.32. The lowest BCUT2D eigenvalue weighted by Crippen LogP contribution is -2.31. The summed E-state index contributed by atoms with van der Waals surface area (Å²) in [5.74, 6) is -5.91. The summed E-state index contributed by atoms with van der Waals surface area (Å²) in [4.78, 5) is 25.5. The second-order valence-corrected chi connectivity index (χ2v) is 7.82. The first-order valence-corrected chi connectivity index (χ1v) is 10.5. The first-order valence-electron chi connectivity index (χ1n) is 12.0. The third-order valence-corrected chi connectivity index (χ3v) is 5.40. The molecule has 2 aromatic heterocycles. The normalized spacial score (nSPS) is 14.0.